The van der Waals surface area contributed by atoms with Crippen molar-refractivity contribution in [2.45, 2.75) is 24.3 Å². The van der Waals surface area contributed by atoms with Crippen LogP contribution in [0.15, 0.2) is 17.6 Å². The van der Waals surface area contributed by atoms with Crippen molar-refractivity contribution in [3.05, 3.63) is 12.7 Å². The predicted octanol–water partition coefficient (Wildman–Crippen LogP) is 1.79. The molecule has 0 fully saturated rings. The number of aliphatic imine (C=N–C) groups is 1. The third-order valence-corrected chi connectivity index (χ3v) is 3.55. The molecule has 11 heavy (non-hydrogen) atoms. The Bertz CT molecular complexity index is 193. The van der Waals surface area contributed by atoms with Crippen molar-refractivity contribution in [1.29, 1.82) is 0 Å². The summed E-state index contributed by atoms with van der Waals surface area (Å²) in [6.07, 6.45) is 1.42. The Balaban J connectivity index is 2.66. The molecule has 0 saturated carbocycles. The molecule has 1 heterocycles. The van der Waals surface area contributed by atoms with Crippen molar-refractivity contribution >= 4 is 31.6 Å². The first-order valence-corrected chi connectivity index (χ1v) is 5.03. The molecule has 0 aliphatic carbocycles. The molecule has 1 N–H and O–H groups in total. The monoisotopic (exact) mass is 235 g/mol. The Hall–Kier alpha value is 0.200. The molecule has 0 aromatic rings. The molecule has 0 aromatic heterocycles. The summed E-state index contributed by atoms with van der Waals surface area (Å²) < 4.78 is 0.855. The van der Waals surface area contributed by atoms with E-state index in [1.165, 1.54) is 0 Å². The molecular weight excluding hydrogens is 226 g/mol. The van der Waals surface area contributed by atoms with Crippen molar-refractivity contribution in [3.63, 3.8) is 0 Å². The van der Waals surface area contributed by atoms with Gasteiger partial charge < -0.3 is 5.11 Å². The highest BCUT2D eigenvalue weighted by Crippen LogP contribution is 2.32. The molecule has 0 aromatic carbocycles. The fourth-order valence-electron chi connectivity index (χ4n) is 0.974. The number of rotatable bonds is 2. The van der Waals surface area contributed by atoms with Gasteiger partial charge >= 0.3 is 0 Å². The lowest BCUT2D eigenvalue weighted by Crippen LogP contribution is -2.27. The second-order valence-electron chi connectivity index (χ2n) is 2.43. The zero-order chi connectivity index (χ0) is 8.43. The molecule has 2 unspecified atom stereocenters. The number of aliphatic hydroxyl groups excluding tert-OH is 1. The normalized spacial score (nSPS) is 33.2. The number of aliphatic hydroxyl groups is 1. The first-order valence-electron chi connectivity index (χ1n) is 3.35. The summed E-state index contributed by atoms with van der Waals surface area (Å²) in [5, 5.41) is 9.44. The zero-order valence-electron chi connectivity index (χ0n) is 6.20. The van der Waals surface area contributed by atoms with Crippen LogP contribution in [0.1, 0.15) is 6.92 Å². The Morgan fingerprint density at radius 2 is 2.55 bits per heavy atom. The molecule has 1 aliphatic rings. The number of nitrogens with zero attached hydrogens (tertiary/aromatic N) is 1. The maximum Gasteiger partial charge on any atom is 0.135 e. The van der Waals surface area contributed by atoms with Gasteiger partial charge in [-0.2, -0.15) is 0 Å². The van der Waals surface area contributed by atoms with E-state index in [9.17, 15) is 5.11 Å². The van der Waals surface area contributed by atoms with Crippen LogP contribution in [-0.4, -0.2) is 26.5 Å². The third-order valence-electron chi connectivity index (χ3n) is 1.54. The third kappa shape index (κ3) is 2.07. The SMILES string of the molecule is C=CC1N=C(Br)S[C@H]1C(C)O. The average molecular weight is 236 g/mol. The van der Waals surface area contributed by atoms with Crippen molar-refractivity contribution < 1.29 is 5.11 Å². The van der Waals surface area contributed by atoms with Gasteiger partial charge in [-0.05, 0) is 22.9 Å². The molecule has 0 spiro atoms. The summed E-state index contributed by atoms with van der Waals surface area (Å²) in [6.45, 7) is 5.43. The Morgan fingerprint density at radius 3 is 2.91 bits per heavy atom. The fraction of sp³-hybridized carbons (Fsp3) is 0.571. The summed E-state index contributed by atoms with van der Waals surface area (Å²) in [5.74, 6) is 0. The molecule has 0 bridgehead atoms. The van der Waals surface area contributed by atoms with Gasteiger partial charge in [0.1, 0.15) is 3.95 Å². The van der Waals surface area contributed by atoms with Gasteiger partial charge in [0.25, 0.3) is 0 Å². The van der Waals surface area contributed by atoms with Gasteiger partial charge in [-0.15, -0.1) is 6.58 Å². The molecule has 1 aliphatic heterocycles. The van der Waals surface area contributed by atoms with Crippen LogP contribution >= 0.6 is 27.7 Å². The van der Waals surface area contributed by atoms with Gasteiger partial charge in [0, 0.05) is 0 Å². The van der Waals surface area contributed by atoms with Crippen molar-refractivity contribution in [1.82, 2.24) is 0 Å². The highest BCUT2D eigenvalue weighted by atomic mass is 79.9. The summed E-state index contributed by atoms with van der Waals surface area (Å²) in [6, 6.07) is 0.0503. The van der Waals surface area contributed by atoms with Crippen LogP contribution < -0.4 is 0 Å². The van der Waals surface area contributed by atoms with E-state index in [1.807, 2.05) is 0 Å². The smallest absolute Gasteiger partial charge is 0.135 e. The van der Waals surface area contributed by atoms with Gasteiger partial charge in [-0.25, -0.2) is 0 Å². The van der Waals surface area contributed by atoms with Crippen LogP contribution in [0, 0.1) is 0 Å². The van der Waals surface area contributed by atoms with Gasteiger partial charge in [0.05, 0.1) is 17.4 Å². The number of halogens is 1. The van der Waals surface area contributed by atoms with E-state index >= 15 is 0 Å². The Morgan fingerprint density at radius 1 is 1.91 bits per heavy atom. The lowest BCUT2D eigenvalue weighted by atomic mass is 10.1. The second kappa shape index (κ2) is 3.74. The molecule has 62 valence electrons. The van der Waals surface area contributed by atoms with E-state index in [-0.39, 0.29) is 17.4 Å². The van der Waals surface area contributed by atoms with E-state index < -0.39 is 0 Å². The minimum atomic E-state index is -0.346. The predicted molar refractivity (Wildman–Crippen MR) is 53.4 cm³/mol. The van der Waals surface area contributed by atoms with Crippen molar-refractivity contribution in [2.75, 3.05) is 0 Å². The van der Waals surface area contributed by atoms with E-state index in [4.69, 9.17) is 0 Å². The molecule has 4 heteroatoms. The van der Waals surface area contributed by atoms with Crippen LogP contribution in [0.2, 0.25) is 0 Å². The van der Waals surface area contributed by atoms with Gasteiger partial charge in [-0.3, -0.25) is 4.99 Å². The van der Waals surface area contributed by atoms with Crippen molar-refractivity contribution in [2.24, 2.45) is 4.99 Å². The highest BCUT2D eigenvalue weighted by molar-refractivity contribution is 9.22. The lowest BCUT2D eigenvalue weighted by molar-refractivity contribution is 0.188. The largest absolute Gasteiger partial charge is 0.392 e. The molecular formula is C7H10BrNOS. The maximum absolute atomic E-state index is 9.31. The van der Waals surface area contributed by atoms with Crippen LogP contribution in [0.4, 0.5) is 0 Å². The summed E-state index contributed by atoms with van der Waals surface area (Å²) in [7, 11) is 0. The van der Waals surface area contributed by atoms with Crippen LogP contribution in [-0.2, 0) is 0 Å². The van der Waals surface area contributed by atoms with E-state index in [0.29, 0.717) is 0 Å². The Labute approximate surface area is 78.9 Å². The number of hydrogen-bond acceptors (Lipinski definition) is 3. The summed E-state index contributed by atoms with van der Waals surface area (Å²) in [4.78, 5) is 4.23. The van der Waals surface area contributed by atoms with Crippen LogP contribution in [0.3, 0.4) is 0 Å². The first-order chi connectivity index (χ1) is 5.15. The highest BCUT2D eigenvalue weighted by Gasteiger charge is 2.30. The molecule has 2 nitrogen and oxygen atoms in total. The van der Waals surface area contributed by atoms with E-state index in [2.05, 4.69) is 27.5 Å². The van der Waals surface area contributed by atoms with E-state index in [0.717, 1.165) is 3.95 Å². The van der Waals surface area contributed by atoms with Crippen LogP contribution in [0.5, 0.6) is 0 Å². The fourth-order valence-corrected chi connectivity index (χ4v) is 2.77. The zero-order valence-corrected chi connectivity index (χ0v) is 8.60. The van der Waals surface area contributed by atoms with Gasteiger partial charge in [-0.1, -0.05) is 17.8 Å². The number of hydrogen-bond donors (Lipinski definition) is 1. The van der Waals surface area contributed by atoms with E-state index in [1.54, 1.807) is 24.8 Å². The minimum Gasteiger partial charge on any atom is -0.392 e. The van der Waals surface area contributed by atoms with Crippen LogP contribution in [0.25, 0.3) is 0 Å². The molecule has 0 saturated heterocycles. The summed E-state index contributed by atoms with van der Waals surface area (Å²) in [5.41, 5.74) is 0. The van der Waals surface area contributed by atoms with Crippen molar-refractivity contribution in [3.8, 4) is 0 Å². The van der Waals surface area contributed by atoms with Gasteiger partial charge in [0.2, 0.25) is 0 Å². The standard InChI is InChI=1S/C7H10BrNOS/c1-3-5-6(4(2)10)11-7(8)9-5/h3-6,10H,1H2,2H3/t4?,5?,6-/m0/s1. The maximum atomic E-state index is 9.31. The second-order valence-corrected chi connectivity index (χ2v) is 4.87. The van der Waals surface area contributed by atoms with Gasteiger partial charge in [0.15, 0.2) is 0 Å². The summed E-state index contributed by atoms with van der Waals surface area (Å²) >= 11 is 4.83. The molecule has 0 radical (unpaired) electrons. The molecule has 1 rings (SSSR count). The quantitative estimate of drug-likeness (QED) is 0.741. The lowest BCUT2D eigenvalue weighted by Gasteiger charge is -2.15. The minimum absolute atomic E-state index is 0.0503. The number of thioether (sulfide) groups is 1. The Kier molecular flexibility index (Phi) is 3.16. The topological polar surface area (TPSA) is 32.6 Å². The first kappa shape index (κ1) is 9.29. The average Bonchev–Trinajstić information content (AvgIpc) is 2.30. The molecule has 0 amide bonds. The molecule has 3 atom stereocenters.